The molecule has 0 fully saturated rings. The minimum atomic E-state index is 0.631. The molecule has 0 spiro atoms. The first-order chi connectivity index (χ1) is 12.8. The second-order valence-electron chi connectivity index (χ2n) is 6.64. The van der Waals surface area contributed by atoms with Gasteiger partial charge in [0.2, 0.25) is 0 Å². The molecule has 0 amide bonds. The van der Waals surface area contributed by atoms with Crippen molar-refractivity contribution < 1.29 is 0 Å². The van der Waals surface area contributed by atoms with E-state index in [2.05, 4.69) is 34.5 Å². The average Bonchev–Trinajstić information content (AvgIpc) is 3.28. The minimum absolute atomic E-state index is 0.631. The molecule has 26 heavy (non-hydrogen) atoms. The molecule has 3 heterocycles. The Morgan fingerprint density at radius 3 is 1.69 bits per heavy atom. The molecule has 0 atom stereocenters. The first-order valence-corrected chi connectivity index (χ1v) is 9.49. The van der Waals surface area contributed by atoms with Crippen LogP contribution in [0, 0.1) is 0 Å². The monoisotopic (exact) mass is 353 g/mol. The summed E-state index contributed by atoms with van der Waals surface area (Å²) >= 11 is 0. The summed E-state index contributed by atoms with van der Waals surface area (Å²) < 4.78 is 3.71. The van der Waals surface area contributed by atoms with Gasteiger partial charge in [-0.3, -0.25) is 4.98 Å². The fourth-order valence-electron chi connectivity index (χ4n) is 2.81. The maximum Gasteiger partial charge on any atom is 0.0849 e. The number of unbranched alkanes of at least 4 members (excludes halogenated alkanes) is 2. The Balaban J connectivity index is 1.61. The molecule has 0 aliphatic rings. The number of nitrogens with zero attached hydrogens (tertiary/aromatic N) is 7. The zero-order valence-electron chi connectivity index (χ0n) is 15.7. The summed E-state index contributed by atoms with van der Waals surface area (Å²) in [6, 6.07) is 6.07. The summed E-state index contributed by atoms with van der Waals surface area (Å²) in [5.41, 5.74) is 4.04. The number of aryl methyl sites for hydroxylation is 2. The molecular formula is C19H27N7. The van der Waals surface area contributed by atoms with Gasteiger partial charge in [-0.2, -0.15) is 0 Å². The van der Waals surface area contributed by atoms with Gasteiger partial charge in [-0.05, 0) is 37.8 Å². The van der Waals surface area contributed by atoms with Crippen molar-refractivity contribution >= 4 is 0 Å². The molecular weight excluding hydrogens is 326 g/mol. The molecule has 7 heteroatoms. The van der Waals surface area contributed by atoms with Gasteiger partial charge in [-0.15, -0.1) is 10.2 Å². The van der Waals surface area contributed by atoms with Crippen LogP contribution in [0.1, 0.15) is 62.3 Å². The van der Waals surface area contributed by atoms with Gasteiger partial charge in [0, 0.05) is 12.4 Å². The molecule has 138 valence electrons. The van der Waals surface area contributed by atoms with Crippen LogP contribution < -0.4 is 0 Å². The topological polar surface area (TPSA) is 74.3 Å². The Labute approximate surface area is 154 Å². The lowest BCUT2D eigenvalue weighted by Crippen LogP contribution is -2.07. The summed E-state index contributed by atoms with van der Waals surface area (Å²) in [6.07, 6.45) is 10.6. The molecule has 3 aromatic rings. The van der Waals surface area contributed by atoms with E-state index in [0.717, 1.165) is 48.5 Å². The highest BCUT2D eigenvalue weighted by molar-refractivity contribution is 5.12. The van der Waals surface area contributed by atoms with Crippen LogP contribution in [0.4, 0.5) is 0 Å². The number of aromatic nitrogens is 7. The molecule has 0 radical (unpaired) electrons. The van der Waals surface area contributed by atoms with E-state index in [-0.39, 0.29) is 0 Å². The van der Waals surface area contributed by atoms with Gasteiger partial charge in [-0.25, -0.2) is 9.36 Å². The van der Waals surface area contributed by atoms with Crippen LogP contribution in [-0.2, 0) is 25.9 Å². The van der Waals surface area contributed by atoms with Gasteiger partial charge in [-0.1, -0.05) is 43.2 Å². The third-order valence-electron chi connectivity index (χ3n) is 4.26. The van der Waals surface area contributed by atoms with E-state index in [4.69, 9.17) is 4.98 Å². The molecule has 0 bridgehead atoms. The quantitative estimate of drug-likeness (QED) is 0.560. The first kappa shape index (κ1) is 18.2. The van der Waals surface area contributed by atoms with E-state index in [1.54, 1.807) is 0 Å². The second-order valence-corrected chi connectivity index (χ2v) is 6.64. The van der Waals surface area contributed by atoms with Crippen LogP contribution in [0.15, 0.2) is 30.6 Å². The van der Waals surface area contributed by atoms with E-state index in [1.807, 2.05) is 40.0 Å². The average molecular weight is 353 g/mol. The summed E-state index contributed by atoms with van der Waals surface area (Å²) in [4.78, 5) is 4.73. The minimum Gasteiger partial charge on any atom is -0.254 e. The third kappa shape index (κ3) is 5.21. The highest BCUT2D eigenvalue weighted by Gasteiger charge is 2.05. The van der Waals surface area contributed by atoms with Gasteiger partial charge in [0.05, 0.1) is 35.9 Å². The van der Waals surface area contributed by atoms with Crippen molar-refractivity contribution in [1.82, 2.24) is 35.0 Å². The van der Waals surface area contributed by atoms with Gasteiger partial charge in [0.25, 0.3) is 0 Å². The normalized spacial score (nSPS) is 11.2. The van der Waals surface area contributed by atoms with Gasteiger partial charge < -0.3 is 0 Å². The summed E-state index contributed by atoms with van der Waals surface area (Å²) in [5, 5.41) is 16.9. The molecule has 0 saturated heterocycles. The van der Waals surface area contributed by atoms with E-state index in [0.29, 0.717) is 13.1 Å². The van der Waals surface area contributed by atoms with Crippen molar-refractivity contribution in [3.8, 4) is 0 Å². The highest BCUT2D eigenvalue weighted by Crippen LogP contribution is 2.07. The summed E-state index contributed by atoms with van der Waals surface area (Å²) in [7, 11) is 0. The summed E-state index contributed by atoms with van der Waals surface area (Å²) in [5.74, 6) is 0. The van der Waals surface area contributed by atoms with Crippen LogP contribution in [0.25, 0.3) is 0 Å². The SMILES string of the molecule is CCCCc1cn(Cc2cccc(Cn3cc(CCCC)nn3)n2)nn1. The second kappa shape index (κ2) is 9.22. The van der Waals surface area contributed by atoms with E-state index in [9.17, 15) is 0 Å². The molecule has 0 N–H and O–H groups in total. The lowest BCUT2D eigenvalue weighted by molar-refractivity contribution is 0.617. The molecule has 0 aromatic carbocycles. The van der Waals surface area contributed by atoms with Gasteiger partial charge >= 0.3 is 0 Å². The third-order valence-corrected chi connectivity index (χ3v) is 4.26. The van der Waals surface area contributed by atoms with Crippen molar-refractivity contribution in [3.05, 3.63) is 53.4 Å². The fraction of sp³-hybridized carbons (Fsp3) is 0.526. The maximum absolute atomic E-state index is 4.73. The van der Waals surface area contributed by atoms with Crippen molar-refractivity contribution in [2.24, 2.45) is 0 Å². The van der Waals surface area contributed by atoms with Crippen molar-refractivity contribution in [1.29, 1.82) is 0 Å². The van der Waals surface area contributed by atoms with E-state index < -0.39 is 0 Å². The predicted molar refractivity (Wildman–Crippen MR) is 99.7 cm³/mol. The maximum atomic E-state index is 4.73. The molecule has 3 rings (SSSR count). The Morgan fingerprint density at radius 2 is 1.23 bits per heavy atom. The molecule has 0 aliphatic heterocycles. The van der Waals surface area contributed by atoms with Crippen LogP contribution in [0.5, 0.6) is 0 Å². The molecule has 3 aromatic heterocycles. The molecule has 0 unspecified atom stereocenters. The van der Waals surface area contributed by atoms with Crippen molar-refractivity contribution in [2.75, 3.05) is 0 Å². The Morgan fingerprint density at radius 1 is 0.731 bits per heavy atom. The smallest absolute Gasteiger partial charge is 0.0849 e. The largest absolute Gasteiger partial charge is 0.254 e. The van der Waals surface area contributed by atoms with Crippen LogP contribution >= 0.6 is 0 Å². The number of rotatable bonds is 10. The van der Waals surface area contributed by atoms with Gasteiger partial charge in [0.15, 0.2) is 0 Å². The molecule has 0 aliphatic carbocycles. The molecule has 7 nitrogen and oxygen atoms in total. The zero-order chi connectivity index (χ0) is 18.2. The van der Waals surface area contributed by atoms with Crippen LogP contribution in [0.2, 0.25) is 0 Å². The summed E-state index contributed by atoms with van der Waals surface area (Å²) in [6.45, 7) is 5.63. The van der Waals surface area contributed by atoms with Gasteiger partial charge in [0.1, 0.15) is 0 Å². The lowest BCUT2D eigenvalue weighted by atomic mass is 10.2. The van der Waals surface area contributed by atoms with Crippen molar-refractivity contribution in [2.45, 2.75) is 65.5 Å². The number of pyridine rings is 1. The zero-order valence-corrected chi connectivity index (χ0v) is 15.7. The Bertz CT molecular complexity index is 742. The Hall–Kier alpha value is -2.57. The first-order valence-electron chi connectivity index (χ1n) is 9.49. The van der Waals surface area contributed by atoms with Crippen molar-refractivity contribution in [3.63, 3.8) is 0 Å². The molecule has 0 saturated carbocycles. The number of hydrogen-bond acceptors (Lipinski definition) is 5. The standard InChI is InChI=1S/C19H27N7/c1-3-5-8-18-14-25(23-21-18)12-16-10-7-11-17(20-16)13-26-15-19(22-24-26)9-6-4-2/h7,10-11,14-15H,3-6,8-9,12-13H2,1-2H3. The predicted octanol–water partition coefficient (Wildman–Crippen LogP) is 3.05. The fourth-order valence-corrected chi connectivity index (χ4v) is 2.81. The number of hydrogen-bond donors (Lipinski definition) is 0. The van der Waals surface area contributed by atoms with E-state index >= 15 is 0 Å². The van der Waals surface area contributed by atoms with Crippen LogP contribution in [-0.4, -0.2) is 35.0 Å². The highest BCUT2D eigenvalue weighted by atomic mass is 15.4. The Kier molecular flexibility index (Phi) is 6.46. The van der Waals surface area contributed by atoms with E-state index in [1.165, 1.54) is 12.8 Å². The van der Waals surface area contributed by atoms with Crippen LogP contribution in [0.3, 0.4) is 0 Å². The lowest BCUT2D eigenvalue weighted by Gasteiger charge is -2.04.